The van der Waals surface area contributed by atoms with E-state index in [1.807, 2.05) is 0 Å². The van der Waals surface area contributed by atoms with Crippen molar-refractivity contribution in [2.45, 2.75) is 23.5 Å². The lowest BCUT2D eigenvalue weighted by molar-refractivity contribution is -0.181. The lowest BCUT2D eigenvalue weighted by Crippen LogP contribution is -2.47. The number of sulfonamides is 1. The Hall–Kier alpha value is -1.48. The average molecular weight is 326 g/mol. The van der Waals surface area contributed by atoms with Gasteiger partial charge in [-0.1, -0.05) is 0 Å². The molecule has 0 atom stereocenters. The SMILES string of the molecule is NS(=O)(=O)c1ccc(C(=O)N2CCC3(CC2)OCCO3)cc1. The van der Waals surface area contributed by atoms with Crippen LogP contribution >= 0.6 is 0 Å². The number of hydrogen-bond donors (Lipinski definition) is 1. The summed E-state index contributed by atoms with van der Waals surface area (Å²) in [6.07, 6.45) is 1.29. The molecule has 2 aliphatic rings. The van der Waals surface area contributed by atoms with Crippen LogP contribution in [0.1, 0.15) is 23.2 Å². The quantitative estimate of drug-likeness (QED) is 0.843. The molecule has 8 heteroatoms. The molecule has 0 radical (unpaired) electrons. The van der Waals surface area contributed by atoms with E-state index in [1.54, 1.807) is 4.90 Å². The van der Waals surface area contributed by atoms with Crippen molar-refractivity contribution in [3.63, 3.8) is 0 Å². The first-order valence-electron chi connectivity index (χ1n) is 7.10. The monoisotopic (exact) mass is 326 g/mol. The van der Waals surface area contributed by atoms with Crippen molar-refractivity contribution < 1.29 is 22.7 Å². The van der Waals surface area contributed by atoms with Crippen LogP contribution in [0.5, 0.6) is 0 Å². The Morgan fingerprint density at radius 2 is 1.64 bits per heavy atom. The third-order valence-electron chi connectivity index (χ3n) is 4.06. The van der Waals surface area contributed by atoms with E-state index in [0.717, 1.165) is 0 Å². The highest BCUT2D eigenvalue weighted by molar-refractivity contribution is 7.89. The van der Waals surface area contributed by atoms with Crippen molar-refractivity contribution in [3.05, 3.63) is 29.8 Å². The second-order valence-electron chi connectivity index (χ2n) is 5.47. The number of carbonyl (C=O) groups excluding carboxylic acids is 1. The molecular weight excluding hydrogens is 308 g/mol. The van der Waals surface area contributed by atoms with Crippen LogP contribution in [0.25, 0.3) is 0 Å². The summed E-state index contributed by atoms with van der Waals surface area (Å²) in [6, 6.07) is 5.65. The van der Waals surface area contributed by atoms with Crippen LogP contribution in [0, 0.1) is 0 Å². The maximum absolute atomic E-state index is 12.4. The fourth-order valence-corrected chi connectivity index (χ4v) is 3.32. The Bertz CT molecular complexity index is 655. The van der Waals surface area contributed by atoms with Gasteiger partial charge in [-0.2, -0.15) is 0 Å². The Labute approximate surface area is 129 Å². The van der Waals surface area contributed by atoms with Crippen molar-refractivity contribution in [2.24, 2.45) is 5.14 Å². The fraction of sp³-hybridized carbons (Fsp3) is 0.500. The Morgan fingerprint density at radius 3 is 2.14 bits per heavy atom. The average Bonchev–Trinajstić information content (AvgIpc) is 2.95. The summed E-state index contributed by atoms with van der Waals surface area (Å²) in [5, 5.41) is 5.04. The molecule has 0 aliphatic carbocycles. The molecule has 0 aromatic heterocycles. The zero-order chi connectivity index (χ0) is 15.8. The predicted molar refractivity (Wildman–Crippen MR) is 77.6 cm³/mol. The van der Waals surface area contributed by atoms with Crippen LogP contribution in [0.4, 0.5) is 0 Å². The van der Waals surface area contributed by atoms with Gasteiger partial charge in [-0.3, -0.25) is 4.79 Å². The molecule has 2 aliphatic heterocycles. The van der Waals surface area contributed by atoms with Gasteiger partial charge in [0, 0.05) is 31.5 Å². The lowest BCUT2D eigenvalue weighted by atomic mass is 10.0. The minimum Gasteiger partial charge on any atom is -0.347 e. The summed E-state index contributed by atoms with van der Waals surface area (Å²) in [6.45, 7) is 2.30. The van der Waals surface area contributed by atoms with Crippen LogP contribution in [-0.2, 0) is 19.5 Å². The van der Waals surface area contributed by atoms with Gasteiger partial charge in [-0.05, 0) is 24.3 Å². The zero-order valence-corrected chi connectivity index (χ0v) is 12.8. The third-order valence-corrected chi connectivity index (χ3v) is 4.99. The second kappa shape index (κ2) is 5.62. The van der Waals surface area contributed by atoms with Crippen molar-refractivity contribution in [1.29, 1.82) is 0 Å². The molecular formula is C14H18N2O5S. The summed E-state index contributed by atoms with van der Waals surface area (Å²) in [7, 11) is -3.74. The summed E-state index contributed by atoms with van der Waals surface area (Å²) >= 11 is 0. The Balaban J connectivity index is 1.67. The molecule has 120 valence electrons. The zero-order valence-electron chi connectivity index (χ0n) is 12.0. The van der Waals surface area contributed by atoms with Gasteiger partial charge in [-0.25, -0.2) is 13.6 Å². The number of nitrogens with two attached hydrogens (primary N) is 1. The van der Waals surface area contributed by atoms with E-state index >= 15 is 0 Å². The number of benzene rings is 1. The molecule has 1 aromatic rings. The first-order valence-corrected chi connectivity index (χ1v) is 8.64. The molecule has 1 amide bonds. The molecule has 1 spiro atoms. The number of nitrogens with zero attached hydrogens (tertiary/aromatic N) is 1. The minimum absolute atomic E-state index is 0.00518. The van der Waals surface area contributed by atoms with Gasteiger partial charge in [0.15, 0.2) is 5.79 Å². The Morgan fingerprint density at radius 1 is 1.09 bits per heavy atom. The third kappa shape index (κ3) is 3.00. The molecule has 0 bridgehead atoms. The van der Waals surface area contributed by atoms with Gasteiger partial charge >= 0.3 is 0 Å². The van der Waals surface area contributed by atoms with Gasteiger partial charge in [-0.15, -0.1) is 0 Å². The fourth-order valence-electron chi connectivity index (χ4n) is 2.81. The highest BCUT2D eigenvalue weighted by Crippen LogP contribution is 2.31. The maximum Gasteiger partial charge on any atom is 0.253 e. The highest BCUT2D eigenvalue weighted by atomic mass is 32.2. The van der Waals surface area contributed by atoms with Gasteiger partial charge in [0.25, 0.3) is 5.91 Å². The molecule has 1 aromatic carbocycles. The number of likely N-dealkylation sites (tertiary alicyclic amines) is 1. The Kier molecular flexibility index (Phi) is 3.94. The van der Waals surface area contributed by atoms with Gasteiger partial charge in [0.1, 0.15) is 0 Å². The maximum atomic E-state index is 12.4. The van der Waals surface area contributed by atoms with E-state index in [9.17, 15) is 13.2 Å². The van der Waals surface area contributed by atoms with Crippen LogP contribution in [0.2, 0.25) is 0 Å². The van der Waals surface area contributed by atoms with Crippen molar-refractivity contribution >= 4 is 15.9 Å². The van der Waals surface area contributed by atoms with Gasteiger partial charge < -0.3 is 14.4 Å². The normalized spacial score (nSPS) is 21.2. The van der Waals surface area contributed by atoms with Crippen LogP contribution < -0.4 is 5.14 Å². The summed E-state index contributed by atoms with van der Waals surface area (Å²) in [5.74, 6) is -0.650. The minimum atomic E-state index is -3.74. The molecule has 2 N–H and O–H groups in total. The number of carbonyl (C=O) groups is 1. The van der Waals surface area contributed by atoms with E-state index < -0.39 is 15.8 Å². The van der Waals surface area contributed by atoms with E-state index in [2.05, 4.69) is 0 Å². The molecule has 2 heterocycles. The summed E-state index contributed by atoms with van der Waals surface area (Å²) in [5.41, 5.74) is 0.441. The van der Waals surface area contributed by atoms with E-state index in [1.165, 1.54) is 24.3 Å². The van der Waals surface area contributed by atoms with Gasteiger partial charge in [0.05, 0.1) is 18.1 Å². The summed E-state index contributed by atoms with van der Waals surface area (Å²) < 4.78 is 33.7. The van der Waals surface area contributed by atoms with E-state index in [4.69, 9.17) is 14.6 Å². The van der Waals surface area contributed by atoms with E-state index in [-0.39, 0.29) is 10.8 Å². The first kappa shape index (κ1) is 15.4. The number of amides is 1. The topological polar surface area (TPSA) is 98.9 Å². The smallest absolute Gasteiger partial charge is 0.253 e. The number of piperidine rings is 1. The second-order valence-corrected chi connectivity index (χ2v) is 7.03. The summed E-state index contributed by atoms with van der Waals surface area (Å²) in [4.78, 5) is 14.1. The number of rotatable bonds is 2. The van der Waals surface area contributed by atoms with Crippen LogP contribution in [0.3, 0.4) is 0 Å². The number of hydrogen-bond acceptors (Lipinski definition) is 5. The largest absolute Gasteiger partial charge is 0.347 e. The molecule has 0 saturated carbocycles. The molecule has 2 saturated heterocycles. The predicted octanol–water partition coefficient (Wildman–Crippen LogP) is 0.313. The molecule has 22 heavy (non-hydrogen) atoms. The molecule has 0 unspecified atom stereocenters. The highest BCUT2D eigenvalue weighted by Gasteiger charge is 2.40. The van der Waals surface area contributed by atoms with E-state index in [0.29, 0.717) is 44.7 Å². The molecule has 2 fully saturated rings. The van der Waals surface area contributed by atoms with Crippen molar-refractivity contribution in [3.8, 4) is 0 Å². The molecule has 3 rings (SSSR count). The lowest BCUT2D eigenvalue weighted by Gasteiger charge is -2.37. The number of primary sulfonamides is 1. The van der Waals surface area contributed by atoms with Gasteiger partial charge in [0.2, 0.25) is 10.0 Å². The van der Waals surface area contributed by atoms with Crippen LogP contribution in [0.15, 0.2) is 29.2 Å². The standard InChI is InChI=1S/C14H18N2O5S/c15-22(18,19)12-3-1-11(2-4-12)13(17)16-7-5-14(6-8-16)20-9-10-21-14/h1-4H,5-10H2,(H2,15,18,19). The molecule has 7 nitrogen and oxygen atoms in total. The van der Waals surface area contributed by atoms with Crippen molar-refractivity contribution in [1.82, 2.24) is 4.90 Å². The van der Waals surface area contributed by atoms with Crippen LogP contribution in [-0.4, -0.2) is 51.3 Å². The number of ether oxygens (including phenoxy) is 2. The first-order chi connectivity index (χ1) is 10.4. The van der Waals surface area contributed by atoms with Crippen molar-refractivity contribution in [2.75, 3.05) is 26.3 Å².